The van der Waals surface area contributed by atoms with E-state index in [1.165, 1.54) is 24.3 Å². The van der Waals surface area contributed by atoms with Crippen LogP contribution in [0.25, 0.3) is 16.9 Å². The predicted octanol–water partition coefficient (Wildman–Crippen LogP) is 4.42. The van der Waals surface area contributed by atoms with Crippen molar-refractivity contribution in [1.29, 1.82) is 0 Å². The molecule has 0 bridgehead atoms. The van der Waals surface area contributed by atoms with E-state index in [1.54, 1.807) is 25.0 Å². The fourth-order valence-electron chi connectivity index (χ4n) is 3.33. The Bertz CT molecular complexity index is 1010. The largest absolute Gasteiger partial charge is 0.573 e. The van der Waals surface area contributed by atoms with Crippen LogP contribution in [0.2, 0.25) is 0 Å². The lowest BCUT2D eigenvalue weighted by molar-refractivity contribution is -0.274. The number of nitrogens with one attached hydrogen (secondary N) is 1. The Hall–Kier alpha value is -3.36. The van der Waals surface area contributed by atoms with E-state index in [9.17, 15) is 13.2 Å². The minimum Gasteiger partial charge on any atom is -0.497 e. The third-order valence-electron chi connectivity index (χ3n) is 4.59. The van der Waals surface area contributed by atoms with Crippen LogP contribution in [-0.4, -0.2) is 36.9 Å². The van der Waals surface area contributed by atoms with Gasteiger partial charge in [0, 0.05) is 23.7 Å². The van der Waals surface area contributed by atoms with Crippen molar-refractivity contribution in [2.24, 2.45) is 0 Å². The van der Waals surface area contributed by atoms with Crippen LogP contribution < -0.4 is 19.5 Å². The van der Waals surface area contributed by atoms with Gasteiger partial charge < -0.3 is 19.5 Å². The summed E-state index contributed by atoms with van der Waals surface area (Å²) in [4.78, 5) is 0. The molecule has 0 spiro atoms. The van der Waals surface area contributed by atoms with Gasteiger partial charge in [-0.2, -0.15) is 5.10 Å². The Morgan fingerprint density at radius 3 is 2.21 bits per heavy atom. The van der Waals surface area contributed by atoms with Crippen LogP contribution in [0.15, 0.2) is 42.5 Å². The number of fused-ring (bicyclic) bond motifs is 1. The van der Waals surface area contributed by atoms with Gasteiger partial charge in [-0.15, -0.1) is 13.2 Å². The molecule has 6 nitrogen and oxygen atoms in total. The van der Waals surface area contributed by atoms with Crippen molar-refractivity contribution in [3.8, 4) is 34.2 Å². The van der Waals surface area contributed by atoms with Crippen LogP contribution in [0.5, 0.6) is 17.2 Å². The number of nitrogens with zero attached hydrogens (tertiary/aromatic N) is 2. The van der Waals surface area contributed by atoms with Gasteiger partial charge in [-0.25, -0.2) is 4.68 Å². The molecule has 0 radical (unpaired) electrons. The Labute approximate surface area is 164 Å². The molecule has 1 aromatic heterocycles. The summed E-state index contributed by atoms with van der Waals surface area (Å²) in [5, 5.41) is 8.00. The number of halogens is 3. The van der Waals surface area contributed by atoms with Crippen LogP contribution in [0, 0.1) is 0 Å². The van der Waals surface area contributed by atoms with Crippen molar-refractivity contribution < 1.29 is 27.4 Å². The number of hydrogen-bond donors (Lipinski definition) is 1. The zero-order valence-electron chi connectivity index (χ0n) is 15.7. The molecule has 3 aromatic rings. The smallest absolute Gasteiger partial charge is 0.497 e. The molecule has 29 heavy (non-hydrogen) atoms. The lowest BCUT2D eigenvalue weighted by Gasteiger charge is -2.10. The molecule has 0 saturated heterocycles. The second-order valence-corrected chi connectivity index (χ2v) is 6.41. The summed E-state index contributed by atoms with van der Waals surface area (Å²) in [7, 11) is 3.15. The van der Waals surface area contributed by atoms with E-state index in [0.717, 1.165) is 35.6 Å². The monoisotopic (exact) mass is 405 g/mol. The second-order valence-electron chi connectivity index (χ2n) is 6.41. The quantitative estimate of drug-likeness (QED) is 0.681. The minimum absolute atomic E-state index is 0.282. The Morgan fingerprint density at radius 2 is 1.62 bits per heavy atom. The summed E-state index contributed by atoms with van der Waals surface area (Å²) in [5.41, 5.74) is 3.23. The minimum atomic E-state index is -4.73. The SMILES string of the molecule is COc1cc(OC)cc(-c2nn(-c3ccc(OC(F)(F)F)cc3)c3c2CCN3)c1. The van der Waals surface area contributed by atoms with Crippen LogP contribution in [-0.2, 0) is 6.42 Å². The number of anilines is 1. The van der Waals surface area contributed by atoms with Gasteiger partial charge in [0.2, 0.25) is 0 Å². The molecule has 1 aliphatic heterocycles. The molecule has 0 unspecified atom stereocenters. The van der Waals surface area contributed by atoms with Crippen molar-refractivity contribution >= 4 is 5.82 Å². The zero-order valence-corrected chi connectivity index (χ0v) is 15.7. The maximum atomic E-state index is 12.4. The lowest BCUT2D eigenvalue weighted by atomic mass is 10.1. The first-order chi connectivity index (χ1) is 13.9. The number of rotatable bonds is 5. The molecule has 0 amide bonds. The number of hydrogen-bond acceptors (Lipinski definition) is 5. The molecule has 152 valence electrons. The molecule has 2 aromatic carbocycles. The molecule has 1 aliphatic rings. The fraction of sp³-hybridized carbons (Fsp3) is 0.250. The third kappa shape index (κ3) is 3.80. The van der Waals surface area contributed by atoms with E-state index in [4.69, 9.17) is 14.6 Å². The standard InChI is InChI=1S/C20H18F3N3O3/c1-27-15-9-12(10-16(11-15)28-2)18-17-7-8-24-19(17)26(25-18)13-3-5-14(6-4-13)29-20(21,22)23/h3-6,9-11,24H,7-8H2,1-2H3. The van der Waals surface area contributed by atoms with E-state index >= 15 is 0 Å². The third-order valence-corrected chi connectivity index (χ3v) is 4.59. The number of methoxy groups -OCH3 is 2. The molecule has 9 heteroatoms. The van der Waals surface area contributed by atoms with Crippen LogP contribution in [0.4, 0.5) is 19.0 Å². The van der Waals surface area contributed by atoms with E-state index in [0.29, 0.717) is 17.2 Å². The summed E-state index contributed by atoms with van der Waals surface area (Å²) in [5.74, 6) is 1.81. The summed E-state index contributed by atoms with van der Waals surface area (Å²) >= 11 is 0. The van der Waals surface area contributed by atoms with Crippen molar-refractivity contribution in [2.75, 3.05) is 26.1 Å². The molecular weight excluding hydrogens is 387 g/mol. The van der Waals surface area contributed by atoms with Crippen molar-refractivity contribution in [2.45, 2.75) is 12.8 Å². The van der Waals surface area contributed by atoms with Gasteiger partial charge in [-0.05, 0) is 42.8 Å². The first kappa shape index (κ1) is 19.0. The summed E-state index contributed by atoms with van der Waals surface area (Å²) in [6, 6.07) is 11.1. The van der Waals surface area contributed by atoms with Crippen LogP contribution in [0.3, 0.4) is 0 Å². The maximum absolute atomic E-state index is 12.4. The normalized spacial score (nSPS) is 13.0. The van der Waals surface area contributed by atoms with Gasteiger partial charge in [-0.3, -0.25) is 0 Å². The summed E-state index contributed by atoms with van der Waals surface area (Å²) in [6.07, 6.45) is -3.95. The summed E-state index contributed by atoms with van der Waals surface area (Å²) < 4.78 is 53.5. The average Bonchev–Trinajstić information content (AvgIpc) is 3.30. The Kier molecular flexibility index (Phi) is 4.73. The highest BCUT2D eigenvalue weighted by Gasteiger charge is 2.31. The predicted molar refractivity (Wildman–Crippen MR) is 101 cm³/mol. The van der Waals surface area contributed by atoms with E-state index in [-0.39, 0.29) is 5.75 Å². The fourth-order valence-corrected chi connectivity index (χ4v) is 3.33. The molecule has 0 fully saturated rings. The van der Waals surface area contributed by atoms with E-state index in [2.05, 4.69) is 10.1 Å². The van der Waals surface area contributed by atoms with Crippen molar-refractivity contribution in [3.63, 3.8) is 0 Å². The molecule has 0 saturated carbocycles. The highest BCUT2D eigenvalue weighted by atomic mass is 19.4. The zero-order chi connectivity index (χ0) is 20.6. The van der Waals surface area contributed by atoms with Crippen LogP contribution in [0.1, 0.15) is 5.56 Å². The maximum Gasteiger partial charge on any atom is 0.573 e. The van der Waals surface area contributed by atoms with Gasteiger partial charge in [0.1, 0.15) is 23.1 Å². The highest BCUT2D eigenvalue weighted by Crippen LogP contribution is 2.37. The van der Waals surface area contributed by atoms with Gasteiger partial charge in [0.15, 0.2) is 0 Å². The van der Waals surface area contributed by atoms with Gasteiger partial charge in [0.25, 0.3) is 0 Å². The van der Waals surface area contributed by atoms with Crippen LogP contribution >= 0.6 is 0 Å². The lowest BCUT2D eigenvalue weighted by Crippen LogP contribution is -2.17. The molecule has 2 heterocycles. The highest BCUT2D eigenvalue weighted by molar-refractivity contribution is 5.74. The first-order valence-electron chi connectivity index (χ1n) is 8.83. The Balaban J connectivity index is 1.75. The number of alkyl halides is 3. The average molecular weight is 405 g/mol. The van der Waals surface area contributed by atoms with Gasteiger partial charge >= 0.3 is 6.36 Å². The van der Waals surface area contributed by atoms with Gasteiger partial charge in [-0.1, -0.05) is 0 Å². The van der Waals surface area contributed by atoms with Crippen molar-refractivity contribution in [1.82, 2.24) is 9.78 Å². The second kappa shape index (κ2) is 7.23. The molecule has 0 aliphatic carbocycles. The van der Waals surface area contributed by atoms with E-state index in [1.807, 2.05) is 12.1 Å². The van der Waals surface area contributed by atoms with E-state index < -0.39 is 6.36 Å². The first-order valence-corrected chi connectivity index (χ1v) is 8.83. The molecule has 1 N–H and O–H groups in total. The molecular formula is C20H18F3N3O3. The number of aromatic nitrogens is 2. The summed E-state index contributed by atoms with van der Waals surface area (Å²) in [6.45, 7) is 0.747. The van der Waals surface area contributed by atoms with Crippen molar-refractivity contribution in [3.05, 3.63) is 48.0 Å². The molecule has 0 atom stereocenters. The topological polar surface area (TPSA) is 57.5 Å². The van der Waals surface area contributed by atoms with Gasteiger partial charge in [0.05, 0.1) is 25.6 Å². The number of benzene rings is 2. The number of ether oxygens (including phenoxy) is 3. The molecule has 4 rings (SSSR count). The Morgan fingerprint density at radius 1 is 0.966 bits per heavy atom.